The van der Waals surface area contributed by atoms with E-state index in [9.17, 15) is 8.42 Å². The standard InChI is InChI=1S/C16H21N3O2S/c1-11-8-9-15(12-5-4-10-18-16(11)12)22(20,21)19-14-7-3-2-6-13(14)17/h4-5,8-10,13-14,19H,2-3,6-7,17H2,1H3/t13-,14-/m1/s1. The summed E-state index contributed by atoms with van der Waals surface area (Å²) in [6.07, 6.45) is 5.41. The fourth-order valence-electron chi connectivity index (χ4n) is 3.09. The molecule has 1 fully saturated rings. The fourth-order valence-corrected chi connectivity index (χ4v) is 4.61. The van der Waals surface area contributed by atoms with Crippen molar-refractivity contribution in [3.63, 3.8) is 0 Å². The molecule has 0 unspecified atom stereocenters. The van der Waals surface area contributed by atoms with E-state index in [1.807, 2.05) is 6.92 Å². The number of nitrogens with one attached hydrogen (secondary N) is 1. The number of sulfonamides is 1. The van der Waals surface area contributed by atoms with Crippen LogP contribution in [0.4, 0.5) is 0 Å². The predicted octanol–water partition coefficient (Wildman–Crippen LogP) is 2.09. The molecule has 0 radical (unpaired) electrons. The molecule has 3 N–H and O–H groups in total. The number of benzene rings is 1. The molecule has 0 bridgehead atoms. The van der Waals surface area contributed by atoms with Crippen LogP contribution in [-0.2, 0) is 10.0 Å². The number of hydrogen-bond donors (Lipinski definition) is 2. The Bertz CT molecular complexity index is 789. The zero-order valence-corrected chi connectivity index (χ0v) is 13.4. The van der Waals surface area contributed by atoms with Crippen molar-refractivity contribution >= 4 is 20.9 Å². The van der Waals surface area contributed by atoms with Gasteiger partial charge >= 0.3 is 0 Å². The van der Waals surface area contributed by atoms with Crippen molar-refractivity contribution in [2.24, 2.45) is 5.73 Å². The third-order valence-electron chi connectivity index (χ3n) is 4.35. The molecule has 1 heterocycles. The Morgan fingerprint density at radius 3 is 2.77 bits per heavy atom. The lowest BCUT2D eigenvalue weighted by molar-refractivity contribution is 0.361. The van der Waals surface area contributed by atoms with E-state index in [4.69, 9.17) is 5.73 Å². The van der Waals surface area contributed by atoms with Crippen LogP contribution in [-0.4, -0.2) is 25.5 Å². The van der Waals surface area contributed by atoms with Crippen molar-refractivity contribution in [1.82, 2.24) is 9.71 Å². The molecule has 2 aromatic rings. The minimum atomic E-state index is -3.61. The van der Waals surface area contributed by atoms with E-state index in [1.54, 1.807) is 30.5 Å². The molecular formula is C16H21N3O2S. The van der Waals surface area contributed by atoms with Gasteiger partial charge in [-0.1, -0.05) is 18.9 Å². The summed E-state index contributed by atoms with van der Waals surface area (Å²) in [5.41, 5.74) is 7.74. The van der Waals surface area contributed by atoms with Crippen LogP contribution < -0.4 is 10.5 Å². The second-order valence-electron chi connectivity index (χ2n) is 5.96. The number of aryl methyl sites for hydroxylation is 1. The molecule has 1 aliphatic rings. The van der Waals surface area contributed by atoms with Crippen LogP contribution in [0.5, 0.6) is 0 Å². The molecule has 0 amide bonds. The van der Waals surface area contributed by atoms with Crippen molar-refractivity contribution in [3.05, 3.63) is 36.0 Å². The van der Waals surface area contributed by atoms with Gasteiger partial charge in [-0.2, -0.15) is 0 Å². The summed E-state index contributed by atoms with van der Waals surface area (Å²) in [5, 5.41) is 0.652. The lowest BCUT2D eigenvalue weighted by atomic mass is 9.92. The number of pyridine rings is 1. The maximum atomic E-state index is 12.8. The SMILES string of the molecule is Cc1ccc(S(=O)(=O)N[C@@H]2CCCC[C@H]2N)c2cccnc12. The van der Waals surface area contributed by atoms with Gasteiger partial charge < -0.3 is 5.73 Å². The summed E-state index contributed by atoms with van der Waals surface area (Å²) in [6, 6.07) is 6.70. The van der Waals surface area contributed by atoms with Gasteiger partial charge in [0.25, 0.3) is 0 Å². The van der Waals surface area contributed by atoms with Crippen molar-refractivity contribution < 1.29 is 8.42 Å². The number of aromatic nitrogens is 1. The Hall–Kier alpha value is -1.50. The third kappa shape index (κ3) is 2.86. The molecule has 1 saturated carbocycles. The lowest BCUT2D eigenvalue weighted by Gasteiger charge is -2.29. The first kappa shape index (κ1) is 15.4. The van der Waals surface area contributed by atoms with E-state index in [0.717, 1.165) is 36.8 Å². The molecule has 118 valence electrons. The van der Waals surface area contributed by atoms with Gasteiger partial charge in [0.15, 0.2) is 0 Å². The molecule has 6 heteroatoms. The first-order chi connectivity index (χ1) is 10.5. The van der Waals surface area contributed by atoms with Gasteiger partial charge in [-0.15, -0.1) is 0 Å². The highest BCUT2D eigenvalue weighted by Gasteiger charge is 2.28. The zero-order valence-electron chi connectivity index (χ0n) is 12.6. The molecule has 1 aromatic carbocycles. The second kappa shape index (κ2) is 5.95. The van der Waals surface area contributed by atoms with Gasteiger partial charge in [-0.3, -0.25) is 4.98 Å². The molecule has 0 spiro atoms. The molecule has 22 heavy (non-hydrogen) atoms. The minimum Gasteiger partial charge on any atom is -0.326 e. The average Bonchev–Trinajstić information content (AvgIpc) is 2.50. The summed E-state index contributed by atoms with van der Waals surface area (Å²) in [4.78, 5) is 4.58. The molecule has 2 atom stereocenters. The Labute approximate surface area is 131 Å². The molecule has 1 aliphatic carbocycles. The number of fused-ring (bicyclic) bond motifs is 1. The number of nitrogens with two attached hydrogens (primary N) is 1. The zero-order chi connectivity index (χ0) is 15.7. The summed E-state index contributed by atoms with van der Waals surface area (Å²) in [6.45, 7) is 1.93. The van der Waals surface area contributed by atoms with Gasteiger partial charge in [-0.25, -0.2) is 13.1 Å². The van der Waals surface area contributed by atoms with E-state index >= 15 is 0 Å². The van der Waals surface area contributed by atoms with Crippen molar-refractivity contribution in [3.8, 4) is 0 Å². The van der Waals surface area contributed by atoms with Crippen LogP contribution in [0.2, 0.25) is 0 Å². The summed E-state index contributed by atoms with van der Waals surface area (Å²) >= 11 is 0. The average molecular weight is 319 g/mol. The molecule has 5 nitrogen and oxygen atoms in total. The lowest BCUT2D eigenvalue weighted by Crippen LogP contribution is -2.49. The molecular weight excluding hydrogens is 298 g/mol. The van der Waals surface area contributed by atoms with Crippen LogP contribution >= 0.6 is 0 Å². The van der Waals surface area contributed by atoms with Crippen LogP contribution in [0.3, 0.4) is 0 Å². The quantitative estimate of drug-likeness (QED) is 0.907. The number of rotatable bonds is 3. The van der Waals surface area contributed by atoms with Crippen molar-refractivity contribution in [2.45, 2.75) is 49.6 Å². The Morgan fingerprint density at radius 2 is 2.00 bits per heavy atom. The van der Waals surface area contributed by atoms with E-state index in [2.05, 4.69) is 9.71 Å². The number of hydrogen-bond acceptors (Lipinski definition) is 4. The van der Waals surface area contributed by atoms with Gasteiger partial charge in [0.1, 0.15) is 0 Å². The molecule has 0 aliphatic heterocycles. The van der Waals surface area contributed by atoms with E-state index < -0.39 is 10.0 Å². The van der Waals surface area contributed by atoms with Crippen LogP contribution in [0, 0.1) is 6.92 Å². The fraction of sp³-hybridized carbons (Fsp3) is 0.438. The van der Waals surface area contributed by atoms with Gasteiger partial charge in [0, 0.05) is 23.7 Å². The highest BCUT2D eigenvalue weighted by molar-refractivity contribution is 7.89. The Balaban J connectivity index is 2.01. The van der Waals surface area contributed by atoms with E-state index in [0.29, 0.717) is 5.39 Å². The highest BCUT2D eigenvalue weighted by Crippen LogP contribution is 2.25. The normalized spacial score (nSPS) is 22.8. The first-order valence-electron chi connectivity index (χ1n) is 7.61. The maximum Gasteiger partial charge on any atom is 0.241 e. The summed E-state index contributed by atoms with van der Waals surface area (Å²) < 4.78 is 28.3. The van der Waals surface area contributed by atoms with Crippen molar-refractivity contribution in [1.29, 1.82) is 0 Å². The molecule has 1 aromatic heterocycles. The predicted molar refractivity (Wildman–Crippen MR) is 87.0 cm³/mol. The Kier molecular flexibility index (Phi) is 4.16. The maximum absolute atomic E-state index is 12.8. The van der Waals surface area contributed by atoms with Crippen LogP contribution in [0.25, 0.3) is 10.9 Å². The topological polar surface area (TPSA) is 85.1 Å². The van der Waals surface area contributed by atoms with Crippen LogP contribution in [0.15, 0.2) is 35.4 Å². The highest BCUT2D eigenvalue weighted by atomic mass is 32.2. The monoisotopic (exact) mass is 319 g/mol. The van der Waals surface area contributed by atoms with Gasteiger partial charge in [0.05, 0.1) is 10.4 Å². The van der Waals surface area contributed by atoms with E-state index in [1.165, 1.54) is 0 Å². The smallest absolute Gasteiger partial charge is 0.241 e. The molecule has 3 rings (SSSR count). The van der Waals surface area contributed by atoms with Gasteiger partial charge in [0.2, 0.25) is 10.0 Å². The number of nitrogens with zero attached hydrogens (tertiary/aromatic N) is 1. The minimum absolute atomic E-state index is 0.113. The largest absolute Gasteiger partial charge is 0.326 e. The van der Waals surface area contributed by atoms with Crippen molar-refractivity contribution in [2.75, 3.05) is 0 Å². The van der Waals surface area contributed by atoms with Gasteiger partial charge in [-0.05, 0) is 43.5 Å². The first-order valence-corrected chi connectivity index (χ1v) is 9.09. The van der Waals surface area contributed by atoms with E-state index in [-0.39, 0.29) is 17.0 Å². The summed E-state index contributed by atoms with van der Waals surface area (Å²) in [5.74, 6) is 0. The van der Waals surface area contributed by atoms with Crippen LogP contribution in [0.1, 0.15) is 31.2 Å². The third-order valence-corrected chi connectivity index (χ3v) is 5.89. The second-order valence-corrected chi connectivity index (χ2v) is 7.64. The Morgan fingerprint density at radius 1 is 1.23 bits per heavy atom. The molecule has 0 saturated heterocycles. The summed E-state index contributed by atoms with van der Waals surface area (Å²) in [7, 11) is -3.61.